The van der Waals surface area contributed by atoms with Gasteiger partial charge in [0.2, 0.25) is 5.91 Å². The SMILES string of the molecule is Cc1cnn(CC(=O)N2CCC[C@H](n3ccnc3C)C2)c1. The summed E-state index contributed by atoms with van der Waals surface area (Å²) in [5.74, 6) is 1.15. The molecule has 0 aliphatic carbocycles. The van der Waals surface area contributed by atoms with E-state index in [2.05, 4.69) is 14.6 Å². The zero-order valence-electron chi connectivity index (χ0n) is 12.6. The normalized spacial score (nSPS) is 19.0. The maximum Gasteiger partial charge on any atom is 0.244 e. The monoisotopic (exact) mass is 287 g/mol. The van der Waals surface area contributed by atoms with Crippen LogP contribution in [0.4, 0.5) is 0 Å². The van der Waals surface area contributed by atoms with Crippen molar-refractivity contribution in [2.75, 3.05) is 13.1 Å². The van der Waals surface area contributed by atoms with Crippen LogP contribution in [0.3, 0.4) is 0 Å². The Morgan fingerprint density at radius 1 is 1.43 bits per heavy atom. The molecule has 21 heavy (non-hydrogen) atoms. The van der Waals surface area contributed by atoms with Crippen molar-refractivity contribution in [1.29, 1.82) is 0 Å². The Kier molecular flexibility index (Phi) is 3.77. The van der Waals surface area contributed by atoms with Crippen molar-refractivity contribution in [3.05, 3.63) is 36.2 Å². The van der Waals surface area contributed by atoms with E-state index < -0.39 is 0 Å². The van der Waals surface area contributed by atoms with Gasteiger partial charge in [0.15, 0.2) is 0 Å². The Labute approximate surface area is 124 Å². The molecule has 6 heteroatoms. The topological polar surface area (TPSA) is 56.0 Å². The molecule has 3 heterocycles. The zero-order chi connectivity index (χ0) is 14.8. The van der Waals surface area contributed by atoms with Crippen molar-refractivity contribution in [2.45, 2.75) is 39.3 Å². The fourth-order valence-corrected chi connectivity index (χ4v) is 2.97. The van der Waals surface area contributed by atoms with Gasteiger partial charge in [-0.2, -0.15) is 5.10 Å². The lowest BCUT2D eigenvalue weighted by Crippen LogP contribution is -2.42. The van der Waals surface area contributed by atoms with Crippen LogP contribution in [-0.4, -0.2) is 43.2 Å². The molecule has 6 nitrogen and oxygen atoms in total. The van der Waals surface area contributed by atoms with Crippen molar-refractivity contribution >= 4 is 5.91 Å². The van der Waals surface area contributed by atoms with E-state index in [1.54, 1.807) is 10.9 Å². The maximum atomic E-state index is 12.4. The van der Waals surface area contributed by atoms with Crippen molar-refractivity contribution in [3.63, 3.8) is 0 Å². The minimum absolute atomic E-state index is 0.139. The minimum atomic E-state index is 0.139. The van der Waals surface area contributed by atoms with E-state index in [0.717, 1.165) is 37.3 Å². The Bertz CT molecular complexity index is 630. The number of piperidine rings is 1. The smallest absolute Gasteiger partial charge is 0.244 e. The molecule has 1 aliphatic rings. The van der Waals surface area contributed by atoms with Crippen LogP contribution in [0.15, 0.2) is 24.8 Å². The average molecular weight is 287 g/mol. The molecule has 1 aliphatic heterocycles. The van der Waals surface area contributed by atoms with Gasteiger partial charge in [0, 0.05) is 31.7 Å². The second-order valence-electron chi connectivity index (χ2n) is 5.73. The predicted molar refractivity (Wildman–Crippen MR) is 78.8 cm³/mol. The van der Waals surface area contributed by atoms with Crippen molar-refractivity contribution in [3.8, 4) is 0 Å². The van der Waals surface area contributed by atoms with Crippen LogP contribution >= 0.6 is 0 Å². The molecule has 0 N–H and O–H groups in total. The third-order valence-electron chi connectivity index (χ3n) is 4.06. The molecule has 1 saturated heterocycles. The summed E-state index contributed by atoms with van der Waals surface area (Å²) < 4.78 is 3.89. The van der Waals surface area contributed by atoms with Crippen molar-refractivity contribution in [2.24, 2.45) is 0 Å². The molecule has 1 amide bonds. The van der Waals surface area contributed by atoms with Gasteiger partial charge in [-0.25, -0.2) is 4.98 Å². The lowest BCUT2D eigenvalue weighted by atomic mass is 10.1. The second kappa shape index (κ2) is 5.71. The molecule has 2 aromatic rings. The van der Waals surface area contributed by atoms with Gasteiger partial charge in [-0.3, -0.25) is 9.48 Å². The fourth-order valence-electron chi connectivity index (χ4n) is 2.97. The van der Waals surface area contributed by atoms with E-state index in [1.807, 2.05) is 37.3 Å². The van der Waals surface area contributed by atoms with Crippen molar-refractivity contribution in [1.82, 2.24) is 24.2 Å². The Morgan fingerprint density at radius 2 is 2.29 bits per heavy atom. The first-order valence-corrected chi connectivity index (χ1v) is 7.40. The molecule has 1 atom stereocenters. The van der Waals surface area contributed by atoms with E-state index in [-0.39, 0.29) is 5.91 Å². The Balaban J connectivity index is 1.65. The third-order valence-corrected chi connectivity index (χ3v) is 4.06. The zero-order valence-corrected chi connectivity index (χ0v) is 12.6. The van der Waals surface area contributed by atoms with E-state index in [4.69, 9.17) is 0 Å². The number of likely N-dealkylation sites (tertiary alicyclic amines) is 1. The first-order valence-electron chi connectivity index (χ1n) is 7.40. The molecule has 0 saturated carbocycles. The quantitative estimate of drug-likeness (QED) is 0.861. The molecule has 1 fully saturated rings. The van der Waals surface area contributed by atoms with Crippen LogP contribution in [0.5, 0.6) is 0 Å². The molecule has 3 rings (SSSR count). The fraction of sp³-hybridized carbons (Fsp3) is 0.533. The molecule has 0 unspecified atom stereocenters. The molecule has 0 aromatic carbocycles. The number of carbonyl (C=O) groups excluding carboxylic acids is 1. The standard InChI is InChI=1S/C15H21N5O/c1-12-8-17-19(9-12)11-15(21)18-6-3-4-14(10-18)20-7-5-16-13(20)2/h5,7-9,14H,3-4,6,10-11H2,1-2H3/t14-/m0/s1. The lowest BCUT2D eigenvalue weighted by Gasteiger charge is -2.34. The van der Waals surface area contributed by atoms with Gasteiger partial charge in [0.25, 0.3) is 0 Å². The number of imidazole rings is 1. The number of nitrogens with zero attached hydrogens (tertiary/aromatic N) is 5. The van der Waals surface area contributed by atoms with Crippen LogP contribution in [0.2, 0.25) is 0 Å². The maximum absolute atomic E-state index is 12.4. The van der Waals surface area contributed by atoms with Gasteiger partial charge < -0.3 is 9.47 Å². The summed E-state index contributed by atoms with van der Waals surface area (Å²) >= 11 is 0. The summed E-state index contributed by atoms with van der Waals surface area (Å²) in [7, 11) is 0. The molecule has 2 aromatic heterocycles. The summed E-state index contributed by atoms with van der Waals surface area (Å²) in [6.07, 6.45) is 9.64. The highest BCUT2D eigenvalue weighted by Gasteiger charge is 2.25. The molecule has 0 radical (unpaired) electrons. The molecule has 112 valence electrons. The first kappa shape index (κ1) is 13.9. The highest BCUT2D eigenvalue weighted by Crippen LogP contribution is 2.22. The highest BCUT2D eigenvalue weighted by molar-refractivity contribution is 5.76. The molecule has 0 spiro atoms. The summed E-state index contributed by atoms with van der Waals surface area (Å²) in [5, 5.41) is 4.19. The number of aryl methyl sites for hydroxylation is 2. The number of amides is 1. The van der Waals surface area contributed by atoms with Crippen LogP contribution in [0, 0.1) is 13.8 Å². The van der Waals surface area contributed by atoms with Gasteiger partial charge in [-0.05, 0) is 32.3 Å². The van der Waals surface area contributed by atoms with Gasteiger partial charge in [0.05, 0.1) is 12.2 Å². The van der Waals surface area contributed by atoms with Crippen LogP contribution in [-0.2, 0) is 11.3 Å². The van der Waals surface area contributed by atoms with Crippen LogP contribution in [0.25, 0.3) is 0 Å². The predicted octanol–water partition coefficient (Wildman–Crippen LogP) is 1.56. The van der Waals surface area contributed by atoms with E-state index in [1.165, 1.54) is 0 Å². The summed E-state index contributed by atoms with van der Waals surface area (Å²) in [6.45, 7) is 5.91. The molecular formula is C15H21N5O. The molecule has 0 bridgehead atoms. The van der Waals surface area contributed by atoms with Gasteiger partial charge >= 0.3 is 0 Å². The average Bonchev–Trinajstić information content (AvgIpc) is 3.07. The van der Waals surface area contributed by atoms with Gasteiger partial charge in [0.1, 0.15) is 12.4 Å². The van der Waals surface area contributed by atoms with E-state index in [0.29, 0.717) is 12.6 Å². The number of rotatable bonds is 3. The second-order valence-corrected chi connectivity index (χ2v) is 5.73. The number of hydrogen-bond acceptors (Lipinski definition) is 3. The van der Waals surface area contributed by atoms with E-state index >= 15 is 0 Å². The number of aromatic nitrogens is 4. The lowest BCUT2D eigenvalue weighted by molar-refractivity contribution is -0.133. The first-order chi connectivity index (χ1) is 10.1. The highest BCUT2D eigenvalue weighted by atomic mass is 16.2. The Morgan fingerprint density at radius 3 is 2.95 bits per heavy atom. The summed E-state index contributed by atoms with van der Waals surface area (Å²) in [6, 6.07) is 0.338. The molecular weight excluding hydrogens is 266 g/mol. The minimum Gasteiger partial charge on any atom is -0.339 e. The number of hydrogen-bond donors (Lipinski definition) is 0. The number of carbonyl (C=O) groups is 1. The summed E-state index contributed by atoms with van der Waals surface area (Å²) in [5.41, 5.74) is 1.08. The van der Waals surface area contributed by atoms with Gasteiger partial charge in [-0.15, -0.1) is 0 Å². The largest absolute Gasteiger partial charge is 0.339 e. The van der Waals surface area contributed by atoms with Crippen molar-refractivity contribution < 1.29 is 4.79 Å². The third kappa shape index (κ3) is 2.99. The van der Waals surface area contributed by atoms with Crippen LogP contribution < -0.4 is 0 Å². The van der Waals surface area contributed by atoms with E-state index in [9.17, 15) is 4.79 Å². The Hall–Kier alpha value is -2.11. The van der Waals surface area contributed by atoms with Gasteiger partial charge in [-0.1, -0.05) is 0 Å². The van der Waals surface area contributed by atoms with Crippen LogP contribution in [0.1, 0.15) is 30.3 Å². The summed E-state index contributed by atoms with van der Waals surface area (Å²) in [4.78, 5) is 18.6.